The zero-order chi connectivity index (χ0) is 19.9. The third-order valence-corrected chi connectivity index (χ3v) is 5.37. The van der Waals surface area contributed by atoms with Gasteiger partial charge < -0.3 is 4.74 Å². The number of hydrogen-bond donors (Lipinski definition) is 0. The third kappa shape index (κ3) is 4.84. The number of carbonyl (C=O) groups excluding carboxylic acids is 1. The van der Waals surface area contributed by atoms with Crippen LogP contribution in [0, 0.1) is 6.92 Å². The fourth-order valence-electron chi connectivity index (χ4n) is 2.81. The Morgan fingerprint density at radius 1 is 1.07 bits per heavy atom. The number of nitrogens with zero attached hydrogens (tertiary/aromatic N) is 2. The van der Waals surface area contributed by atoms with Crippen LogP contribution in [-0.4, -0.2) is 23.4 Å². The highest BCUT2D eigenvalue weighted by atomic mass is 32.2. The van der Waals surface area contributed by atoms with Crippen molar-refractivity contribution in [2.24, 2.45) is 4.99 Å². The highest BCUT2D eigenvalue weighted by molar-refractivity contribution is 8.14. The van der Waals surface area contributed by atoms with E-state index >= 15 is 0 Å². The van der Waals surface area contributed by atoms with E-state index in [0.29, 0.717) is 12.3 Å². The predicted molar refractivity (Wildman–Crippen MR) is 119 cm³/mol. The fraction of sp³-hybridized carbons (Fsp3) is 0.304. The lowest BCUT2D eigenvalue weighted by molar-refractivity contribution is -0.113. The van der Waals surface area contributed by atoms with E-state index < -0.39 is 0 Å². The number of unbranched alkanes of at least 4 members (excludes halogenated alkanes) is 1. The summed E-state index contributed by atoms with van der Waals surface area (Å²) < 4.78 is 5.52. The maximum atomic E-state index is 13.1. The van der Waals surface area contributed by atoms with Gasteiger partial charge in [-0.05, 0) is 56.2 Å². The van der Waals surface area contributed by atoms with Gasteiger partial charge in [0.25, 0.3) is 5.91 Å². The summed E-state index contributed by atoms with van der Waals surface area (Å²) in [7, 11) is 0. The Kier molecular flexibility index (Phi) is 6.93. The van der Waals surface area contributed by atoms with Crippen LogP contribution in [0.1, 0.15) is 37.8 Å². The van der Waals surface area contributed by atoms with Gasteiger partial charge in [-0.3, -0.25) is 9.69 Å². The monoisotopic (exact) mass is 394 g/mol. The smallest absolute Gasteiger partial charge is 0.283 e. The zero-order valence-corrected chi connectivity index (χ0v) is 17.5. The minimum absolute atomic E-state index is 0.0938. The Morgan fingerprint density at radius 3 is 2.43 bits per heavy atom. The van der Waals surface area contributed by atoms with Gasteiger partial charge in [0.1, 0.15) is 11.4 Å². The second-order valence-corrected chi connectivity index (χ2v) is 7.67. The van der Waals surface area contributed by atoms with E-state index in [2.05, 4.69) is 11.9 Å². The summed E-state index contributed by atoms with van der Waals surface area (Å²) in [4.78, 5) is 19.5. The Hall–Kier alpha value is -2.53. The molecule has 1 amide bonds. The van der Waals surface area contributed by atoms with Crippen LogP contribution < -0.4 is 9.64 Å². The maximum absolute atomic E-state index is 13.1. The second kappa shape index (κ2) is 9.60. The summed E-state index contributed by atoms with van der Waals surface area (Å²) >= 11 is 1.63. The number of aliphatic imine (C=N–C) groups is 1. The molecule has 0 aliphatic carbocycles. The molecule has 1 aliphatic rings. The number of ether oxygens (including phenoxy) is 1. The van der Waals surface area contributed by atoms with E-state index in [1.165, 1.54) is 5.56 Å². The van der Waals surface area contributed by atoms with Crippen molar-refractivity contribution in [3.05, 3.63) is 65.4 Å². The van der Waals surface area contributed by atoms with Gasteiger partial charge in [0.05, 0.1) is 12.3 Å². The van der Waals surface area contributed by atoms with Crippen LogP contribution in [0.5, 0.6) is 5.75 Å². The van der Waals surface area contributed by atoms with Crippen molar-refractivity contribution in [2.45, 2.75) is 33.6 Å². The first-order chi connectivity index (χ1) is 13.6. The first kappa shape index (κ1) is 20.2. The molecule has 146 valence electrons. The van der Waals surface area contributed by atoms with Gasteiger partial charge in [-0.2, -0.15) is 0 Å². The summed E-state index contributed by atoms with van der Waals surface area (Å²) in [5, 5.41) is 0.737. The summed E-state index contributed by atoms with van der Waals surface area (Å²) in [6.07, 6.45) is 4.06. The highest BCUT2D eigenvalue weighted by Crippen LogP contribution is 2.31. The normalized spacial score (nSPS) is 15.2. The lowest BCUT2D eigenvalue weighted by Crippen LogP contribution is -2.30. The molecular formula is C23H26N2O2S. The van der Waals surface area contributed by atoms with Crippen molar-refractivity contribution in [3.63, 3.8) is 0 Å². The van der Waals surface area contributed by atoms with Crippen molar-refractivity contribution in [3.8, 4) is 5.75 Å². The van der Waals surface area contributed by atoms with Crippen molar-refractivity contribution in [2.75, 3.05) is 17.3 Å². The summed E-state index contributed by atoms with van der Waals surface area (Å²) in [6.45, 7) is 6.78. The average Bonchev–Trinajstić information content (AvgIpc) is 3.00. The molecule has 0 fully saturated rings. The van der Waals surface area contributed by atoms with E-state index in [4.69, 9.17) is 4.74 Å². The van der Waals surface area contributed by atoms with Crippen molar-refractivity contribution in [1.29, 1.82) is 0 Å². The van der Waals surface area contributed by atoms with E-state index in [1.807, 2.05) is 68.5 Å². The third-order valence-electron chi connectivity index (χ3n) is 4.35. The molecular weight excluding hydrogens is 368 g/mol. The molecule has 0 atom stereocenters. The van der Waals surface area contributed by atoms with Crippen molar-refractivity contribution >= 4 is 34.6 Å². The molecule has 28 heavy (non-hydrogen) atoms. The minimum atomic E-state index is -0.0938. The Bertz CT molecular complexity index is 870. The molecule has 1 heterocycles. The van der Waals surface area contributed by atoms with Crippen molar-refractivity contribution < 1.29 is 9.53 Å². The quantitative estimate of drug-likeness (QED) is 0.449. The van der Waals surface area contributed by atoms with Gasteiger partial charge in [-0.1, -0.05) is 54.9 Å². The first-order valence-corrected chi connectivity index (χ1v) is 10.7. The summed E-state index contributed by atoms with van der Waals surface area (Å²) in [5.74, 6) is 1.64. The van der Waals surface area contributed by atoms with Gasteiger partial charge in [-0.25, -0.2) is 4.99 Å². The molecule has 2 aromatic carbocycles. The van der Waals surface area contributed by atoms with Crippen LogP contribution >= 0.6 is 11.8 Å². The molecule has 0 spiro atoms. The standard InChI is InChI=1S/C23H26N2O2S/c1-4-6-15-28-23-24-21(16-18-9-7-17(3)8-10-18)22(26)25(23)19-11-13-20(14-12-19)27-5-2/h7-14,16H,4-6,15H2,1-3H3. The van der Waals surface area contributed by atoms with Crippen molar-refractivity contribution in [1.82, 2.24) is 0 Å². The second-order valence-electron chi connectivity index (χ2n) is 6.60. The van der Waals surface area contributed by atoms with Gasteiger partial charge in [0.2, 0.25) is 0 Å². The molecule has 3 rings (SSSR count). The van der Waals surface area contributed by atoms with Crippen LogP contribution in [0.4, 0.5) is 5.69 Å². The predicted octanol–water partition coefficient (Wildman–Crippen LogP) is 5.67. The number of aryl methyl sites for hydroxylation is 1. The van der Waals surface area contributed by atoms with E-state index in [9.17, 15) is 4.79 Å². The maximum Gasteiger partial charge on any atom is 0.283 e. The number of amides is 1. The molecule has 0 radical (unpaired) electrons. The van der Waals surface area contributed by atoms with Gasteiger partial charge >= 0.3 is 0 Å². The average molecular weight is 395 g/mol. The van der Waals surface area contributed by atoms with Crippen LogP contribution in [0.2, 0.25) is 0 Å². The number of thioether (sulfide) groups is 1. The zero-order valence-electron chi connectivity index (χ0n) is 16.6. The molecule has 5 heteroatoms. The van der Waals surface area contributed by atoms with Gasteiger partial charge in [0.15, 0.2) is 5.17 Å². The molecule has 0 saturated heterocycles. The number of benzene rings is 2. The number of carbonyl (C=O) groups is 1. The van der Waals surface area contributed by atoms with Crippen LogP contribution in [0.25, 0.3) is 6.08 Å². The topological polar surface area (TPSA) is 41.9 Å². The summed E-state index contributed by atoms with van der Waals surface area (Å²) in [6, 6.07) is 15.7. The molecule has 0 saturated carbocycles. The molecule has 1 aliphatic heterocycles. The van der Waals surface area contributed by atoms with E-state index in [-0.39, 0.29) is 5.91 Å². The molecule has 2 aromatic rings. The Labute approximate surface area is 171 Å². The molecule has 0 unspecified atom stereocenters. The largest absolute Gasteiger partial charge is 0.494 e. The summed E-state index contributed by atoms with van der Waals surface area (Å²) in [5.41, 5.74) is 3.44. The van der Waals surface area contributed by atoms with E-state index in [0.717, 1.165) is 40.8 Å². The lowest BCUT2D eigenvalue weighted by atomic mass is 10.1. The van der Waals surface area contributed by atoms with Crippen LogP contribution in [0.15, 0.2) is 59.2 Å². The van der Waals surface area contributed by atoms with Crippen LogP contribution in [-0.2, 0) is 4.79 Å². The molecule has 4 nitrogen and oxygen atoms in total. The molecule has 0 N–H and O–H groups in total. The number of anilines is 1. The van der Waals surface area contributed by atoms with E-state index in [1.54, 1.807) is 16.7 Å². The lowest BCUT2D eigenvalue weighted by Gasteiger charge is -2.18. The first-order valence-electron chi connectivity index (χ1n) is 9.69. The van der Waals surface area contributed by atoms with Gasteiger partial charge in [0, 0.05) is 5.75 Å². The SMILES string of the molecule is CCCCSC1=NC(=Cc2ccc(C)cc2)C(=O)N1c1ccc(OCC)cc1. The minimum Gasteiger partial charge on any atom is -0.494 e. The Balaban J connectivity index is 1.89. The number of amidine groups is 1. The van der Waals surface area contributed by atoms with Gasteiger partial charge in [-0.15, -0.1) is 0 Å². The molecule has 0 aromatic heterocycles. The molecule has 0 bridgehead atoms. The van der Waals surface area contributed by atoms with Crippen LogP contribution in [0.3, 0.4) is 0 Å². The highest BCUT2D eigenvalue weighted by Gasteiger charge is 2.31. The fourth-order valence-corrected chi connectivity index (χ4v) is 3.90. The Morgan fingerprint density at radius 2 is 1.79 bits per heavy atom. The number of hydrogen-bond acceptors (Lipinski definition) is 4. The number of rotatable bonds is 7.